The first kappa shape index (κ1) is 25.2. The Morgan fingerprint density at radius 3 is 2.43 bits per heavy atom. The summed E-state index contributed by atoms with van der Waals surface area (Å²) in [5.74, 6) is 0.0737. The molecule has 2 aliphatic rings. The first-order valence-corrected chi connectivity index (χ1v) is 12.8. The number of halogens is 2. The van der Waals surface area contributed by atoms with E-state index in [9.17, 15) is 14.4 Å². The number of piperidine rings is 1. The summed E-state index contributed by atoms with van der Waals surface area (Å²) in [7, 11) is 0. The second-order valence-corrected chi connectivity index (χ2v) is 10.1. The van der Waals surface area contributed by atoms with Gasteiger partial charge in [-0.05, 0) is 55.3 Å². The highest BCUT2D eigenvalue weighted by Crippen LogP contribution is 2.40. The summed E-state index contributed by atoms with van der Waals surface area (Å²) in [6, 6.07) is 18.0. The van der Waals surface area contributed by atoms with Crippen LogP contribution in [-0.2, 0) is 16.1 Å². The molecule has 0 unspecified atom stereocenters. The van der Waals surface area contributed by atoms with Crippen molar-refractivity contribution in [2.24, 2.45) is 0 Å². The molecule has 8 nitrogen and oxygen atoms in total. The van der Waals surface area contributed by atoms with Crippen molar-refractivity contribution < 1.29 is 18.8 Å². The van der Waals surface area contributed by atoms with Crippen molar-refractivity contribution in [1.29, 1.82) is 0 Å². The fraction of sp³-hybridized carbons (Fsp3) is 0.296. The first-order chi connectivity index (χ1) is 17.9. The van der Waals surface area contributed by atoms with E-state index in [0.29, 0.717) is 47.3 Å². The van der Waals surface area contributed by atoms with Crippen molar-refractivity contribution >= 4 is 46.6 Å². The van der Waals surface area contributed by atoms with Gasteiger partial charge in [0.05, 0.1) is 30.1 Å². The molecular formula is C27H26Cl2N4O4. The van der Waals surface area contributed by atoms with E-state index in [1.165, 1.54) is 0 Å². The highest BCUT2D eigenvalue weighted by atomic mass is 35.5. The van der Waals surface area contributed by atoms with Crippen LogP contribution in [0.25, 0.3) is 0 Å². The van der Waals surface area contributed by atoms with Gasteiger partial charge in [0.15, 0.2) is 0 Å². The minimum atomic E-state index is -0.844. The monoisotopic (exact) mass is 540 g/mol. The van der Waals surface area contributed by atoms with Gasteiger partial charge in [0.1, 0.15) is 17.8 Å². The maximum absolute atomic E-state index is 13.8. The van der Waals surface area contributed by atoms with Crippen LogP contribution in [0.4, 0.5) is 5.69 Å². The second-order valence-electron chi connectivity index (χ2n) is 9.21. The minimum Gasteiger partial charge on any atom is -0.467 e. The number of carbonyl (C=O) groups excluding carboxylic acids is 3. The van der Waals surface area contributed by atoms with Gasteiger partial charge < -0.3 is 24.4 Å². The Morgan fingerprint density at radius 1 is 1.00 bits per heavy atom. The Balaban J connectivity index is 1.32. The fourth-order valence-electron chi connectivity index (χ4n) is 5.06. The van der Waals surface area contributed by atoms with Gasteiger partial charge >= 0.3 is 0 Å². The molecule has 2 aromatic carbocycles. The lowest BCUT2D eigenvalue weighted by molar-refractivity contribution is -0.137. The van der Waals surface area contributed by atoms with Gasteiger partial charge in [0.25, 0.3) is 11.8 Å². The number of nitrogens with zero attached hydrogens (tertiary/aromatic N) is 3. The van der Waals surface area contributed by atoms with Gasteiger partial charge in [0, 0.05) is 23.8 Å². The highest BCUT2D eigenvalue weighted by Gasteiger charge is 2.54. The van der Waals surface area contributed by atoms with Crippen LogP contribution in [0.15, 0.2) is 71.3 Å². The number of likely N-dealkylation sites (tertiary alicyclic amines) is 1. The van der Waals surface area contributed by atoms with Crippen molar-refractivity contribution in [2.75, 3.05) is 31.2 Å². The van der Waals surface area contributed by atoms with Crippen LogP contribution in [0.2, 0.25) is 10.0 Å². The molecule has 3 amide bonds. The highest BCUT2D eigenvalue weighted by molar-refractivity contribution is 6.36. The molecule has 3 heterocycles. The van der Waals surface area contributed by atoms with Gasteiger partial charge in [-0.2, -0.15) is 0 Å². The molecule has 0 saturated carbocycles. The molecule has 0 radical (unpaired) electrons. The summed E-state index contributed by atoms with van der Waals surface area (Å²) in [5.41, 5.74) is 0.438. The molecule has 1 aromatic heterocycles. The van der Waals surface area contributed by atoms with E-state index in [2.05, 4.69) is 10.2 Å². The third-order valence-corrected chi connectivity index (χ3v) is 7.54. The number of para-hydroxylation sites is 1. The molecule has 1 spiro atoms. The van der Waals surface area contributed by atoms with Crippen LogP contribution < -0.4 is 10.2 Å². The van der Waals surface area contributed by atoms with Crippen LogP contribution in [0.1, 0.15) is 29.0 Å². The Labute approximate surface area is 224 Å². The molecule has 0 atom stereocenters. The zero-order chi connectivity index (χ0) is 26.0. The van der Waals surface area contributed by atoms with E-state index < -0.39 is 5.54 Å². The number of hydrogen-bond acceptors (Lipinski definition) is 5. The number of amides is 3. The molecule has 10 heteroatoms. The maximum Gasteiger partial charge on any atom is 0.255 e. The normalized spacial score (nSPS) is 16.9. The van der Waals surface area contributed by atoms with E-state index in [1.54, 1.807) is 46.4 Å². The number of benzene rings is 2. The molecule has 5 rings (SSSR count). The molecule has 2 fully saturated rings. The molecule has 2 aliphatic heterocycles. The fourth-order valence-corrected chi connectivity index (χ4v) is 5.55. The first-order valence-electron chi connectivity index (χ1n) is 12.0. The predicted molar refractivity (Wildman–Crippen MR) is 140 cm³/mol. The standard InChI is InChI=1S/C27H26Cl2N4O4/c28-19-8-9-22(23(29)15-19)25(35)31-12-10-27(11-13-31)26(36)32(18-33(27)20-5-2-1-3-6-20)17-24(34)30-16-21-7-4-14-37-21/h1-9,14-15H,10-13,16-18H2,(H,30,34). The summed E-state index contributed by atoms with van der Waals surface area (Å²) in [4.78, 5) is 45.0. The van der Waals surface area contributed by atoms with Gasteiger partial charge in [0.2, 0.25) is 5.91 Å². The van der Waals surface area contributed by atoms with Crippen LogP contribution in [0.5, 0.6) is 0 Å². The molecule has 0 aliphatic carbocycles. The molecule has 2 saturated heterocycles. The van der Waals surface area contributed by atoms with Crippen LogP contribution in [-0.4, -0.2) is 59.4 Å². The molecule has 37 heavy (non-hydrogen) atoms. The molecular weight excluding hydrogens is 515 g/mol. The zero-order valence-corrected chi connectivity index (χ0v) is 21.5. The lowest BCUT2D eigenvalue weighted by Gasteiger charge is -2.43. The van der Waals surface area contributed by atoms with Crippen molar-refractivity contribution in [3.05, 3.63) is 88.3 Å². The van der Waals surface area contributed by atoms with Crippen molar-refractivity contribution in [3.63, 3.8) is 0 Å². The smallest absolute Gasteiger partial charge is 0.255 e. The SMILES string of the molecule is O=C(CN1CN(c2ccccc2)C2(CCN(C(=O)c3ccc(Cl)cc3Cl)CC2)C1=O)NCc1ccco1. The predicted octanol–water partition coefficient (Wildman–Crippen LogP) is 4.18. The van der Waals surface area contributed by atoms with Crippen molar-refractivity contribution in [3.8, 4) is 0 Å². The van der Waals surface area contributed by atoms with E-state index in [-0.39, 0.29) is 37.5 Å². The molecule has 3 aromatic rings. The Morgan fingerprint density at radius 2 is 1.76 bits per heavy atom. The van der Waals surface area contributed by atoms with Gasteiger partial charge in [-0.25, -0.2) is 0 Å². The lowest BCUT2D eigenvalue weighted by atomic mass is 9.85. The van der Waals surface area contributed by atoms with Crippen molar-refractivity contribution in [1.82, 2.24) is 15.1 Å². The largest absolute Gasteiger partial charge is 0.467 e. The third kappa shape index (κ3) is 5.04. The number of furan rings is 1. The van der Waals surface area contributed by atoms with E-state index >= 15 is 0 Å². The summed E-state index contributed by atoms with van der Waals surface area (Å²) < 4.78 is 5.26. The summed E-state index contributed by atoms with van der Waals surface area (Å²) in [6.07, 6.45) is 2.41. The van der Waals surface area contributed by atoms with Gasteiger partial charge in [-0.15, -0.1) is 0 Å². The molecule has 0 bridgehead atoms. The molecule has 192 valence electrons. The average Bonchev–Trinajstić information content (AvgIpc) is 3.51. The summed E-state index contributed by atoms with van der Waals surface area (Å²) in [6.45, 7) is 1.24. The number of rotatable bonds is 6. The number of anilines is 1. The quantitative estimate of drug-likeness (QED) is 0.506. The van der Waals surface area contributed by atoms with Crippen molar-refractivity contribution in [2.45, 2.75) is 24.9 Å². The molecule has 1 N–H and O–H groups in total. The third-order valence-electron chi connectivity index (χ3n) is 7.00. The maximum atomic E-state index is 13.8. The Hall–Kier alpha value is -3.49. The Kier molecular flexibility index (Phi) is 7.13. The van der Waals surface area contributed by atoms with E-state index in [4.69, 9.17) is 27.6 Å². The Bertz CT molecular complexity index is 1290. The van der Waals surface area contributed by atoms with Crippen LogP contribution >= 0.6 is 23.2 Å². The number of carbonyl (C=O) groups is 3. The number of nitrogens with one attached hydrogen (secondary N) is 1. The number of hydrogen-bond donors (Lipinski definition) is 1. The second kappa shape index (κ2) is 10.5. The minimum absolute atomic E-state index is 0.0619. The van der Waals surface area contributed by atoms with Gasteiger partial charge in [-0.3, -0.25) is 14.4 Å². The summed E-state index contributed by atoms with van der Waals surface area (Å²) in [5, 5.41) is 3.57. The van der Waals surface area contributed by atoms with Crippen LogP contribution in [0.3, 0.4) is 0 Å². The van der Waals surface area contributed by atoms with E-state index in [0.717, 1.165) is 5.69 Å². The summed E-state index contributed by atoms with van der Waals surface area (Å²) >= 11 is 12.3. The van der Waals surface area contributed by atoms with Crippen LogP contribution in [0, 0.1) is 0 Å². The zero-order valence-electron chi connectivity index (χ0n) is 20.0. The average molecular weight is 541 g/mol. The van der Waals surface area contributed by atoms with Gasteiger partial charge in [-0.1, -0.05) is 41.4 Å². The lowest BCUT2D eigenvalue weighted by Crippen LogP contribution is -2.57. The topological polar surface area (TPSA) is 86.1 Å². The van der Waals surface area contributed by atoms with E-state index in [1.807, 2.05) is 30.3 Å².